The molecule has 0 bridgehead atoms. The van der Waals surface area contributed by atoms with E-state index in [-0.39, 0.29) is 11.8 Å². The number of nitrogens with one attached hydrogen (secondary N) is 1. The minimum absolute atomic E-state index is 0.126. The van der Waals surface area contributed by atoms with E-state index in [1.807, 2.05) is 54.3 Å². The Morgan fingerprint density at radius 1 is 1.24 bits per heavy atom. The Balaban J connectivity index is 1.84. The highest BCUT2D eigenvalue weighted by Crippen LogP contribution is 2.29. The molecule has 0 spiro atoms. The molecule has 1 saturated heterocycles. The summed E-state index contributed by atoms with van der Waals surface area (Å²) in [5.74, 6) is 0.936. The number of thioether (sulfide) groups is 1. The van der Waals surface area contributed by atoms with Crippen molar-refractivity contribution in [2.45, 2.75) is 31.6 Å². The van der Waals surface area contributed by atoms with E-state index >= 15 is 0 Å². The van der Waals surface area contributed by atoms with Crippen LogP contribution in [0.3, 0.4) is 0 Å². The van der Waals surface area contributed by atoms with E-state index in [4.69, 9.17) is 0 Å². The summed E-state index contributed by atoms with van der Waals surface area (Å²) in [6, 6.07) is 13.3. The number of carbonyl (C=O) groups is 2. The van der Waals surface area contributed by atoms with Crippen LogP contribution in [-0.4, -0.2) is 24.1 Å². The normalized spacial score (nSPS) is 14.0. The number of benzene rings is 2. The second-order valence-corrected chi connectivity index (χ2v) is 7.34. The number of hydrogen-bond acceptors (Lipinski definition) is 3. The van der Waals surface area contributed by atoms with Crippen LogP contribution in [0, 0.1) is 6.92 Å². The molecule has 5 heteroatoms. The summed E-state index contributed by atoms with van der Waals surface area (Å²) in [6.07, 6.45) is 1.48. The monoisotopic (exact) mass is 354 g/mol. The summed E-state index contributed by atoms with van der Waals surface area (Å²) >= 11 is 1.65. The standard InChI is InChI=1S/C20H22N2O2S/c1-3-25-18-8-5-4-7-16(18)20(24)21-15-11-10-14(2)17(13-15)22-12-6-9-19(22)23/h4-5,7-8,10-11,13H,3,6,9,12H2,1-2H3,(H,21,24). The molecule has 25 heavy (non-hydrogen) atoms. The molecule has 0 saturated carbocycles. The zero-order valence-corrected chi connectivity index (χ0v) is 15.4. The fourth-order valence-corrected chi connectivity index (χ4v) is 3.82. The molecule has 0 aromatic heterocycles. The van der Waals surface area contributed by atoms with E-state index in [1.165, 1.54) is 0 Å². The summed E-state index contributed by atoms with van der Waals surface area (Å²) in [5.41, 5.74) is 3.31. The van der Waals surface area contributed by atoms with Crippen molar-refractivity contribution in [1.82, 2.24) is 0 Å². The Hall–Kier alpha value is -2.27. The fraction of sp³-hybridized carbons (Fsp3) is 0.300. The Bertz CT molecular complexity index is 804. The Kier molecular flexibility index (Phi) is 5.43. The lowest BCUT2D eigenvalue weighted by Crippen LogP contribution is -2.24. The van der Waals surface area contributed by atoms with Crippen LogP contribution in [-0.2, 0) is 4.79 Å². The lowest BCUT2D eigenvalue weighted by Gasteiger charge is -2.19. The summed E-state index contributed by atoms with van der Waals surface area (Å²) in [5, 5.41) is 2.97. The van der Waals surface area contributed by atoms with Gasteiger partial charge in [0.2, 0.25) is 5.91 Å². The maximum atomic E-state index is 12.7. The molecule has 0 unspecified atom stereocenters. The molecule has 1 fully saturated rings. The first-order valence-corrected chi connectivity index (χ1v) is 9.53. The van der Waals surface area contributed by atoms with E-state index in [0.29, 0.717) is 17.7 Å². The Labute approximate surface area is 152 Å². The van der Waals surface area contributed by atoms with Crippen molar-refractivity contribution in [1.29, 1.82) is 0 Å². The van der Waals surface area contributed by atoms with Gasteiger partial charge < -0.3 is 10.2 Å². The minimum atomic E-state index is -0.126. The number of nitrogens with zero attached hydrogens (tertiary/aromatic N) is 1. The van der Waals surface area contributed by atoms with Crippen molar-refractivity contribution in [2.24, 2.45) is 0 Å². The third-order valence-electron chi connectivity index (χ3n) is 4.26. The number of aryl methyl sites for hydroxylation is 1. The number of amides is 2. The summed E-state index contributed by atoms with van der Waals surface area (Å²) < 4.78 is 0. The van der Waals surface area contributed by atoms with Crippen molar-refractivity contribution in [2.75, 3.05) is 22.5 Å². The molecule has 1 heterocycles. The predicted molar refractivity (Wildman–Crippen MR) is 104 cm³/mol. The molecule has 2 aromatic carbocycles. The highest BCUT2D eigenvalue weighted by Gasteiger charge is 2.23. The SMILES string of the molecule is CCSc1ccccc1C(=O)Nc1ccc(C)c(N2CCCC2=O)c1. The smallest absolute Gasteiger partial charge is 0.256 e. The highest BCUT2D eigenvalue weighted by molar-refractivity contribution is 7.99. The summed E-state index contributed by atoms with van der Waals surface area (Å²) in [4.78, 5) is 27.5. The second-order valence-electron chi connectivity index (χ2n) is 6.03. The number of carbonyl (C=O) groups excluding carboxylic acids is 2. The van der Waals surface area contributed by atoms with Gasteiger partial charge in [0.1, 0.15) is 0 Å². The van der Waals surface area contributed by atoms with Gasteiger partial charge in [0, 0.05) is 29.2 Å². The molecule has 2 amide bonds. The van der Waals surface area contributed by atoms with E-state index in [2.05, 4.69) is 12.2 Å². The van der Waals surface area contributed by atoms with Gasteiger partial charge in [-0.25, -0.2) is 0 Å². The van der Waals surface area contributed by atoms with Crippen molar-refractivity contribution < 1.29 is 9.59 Å². The average Bonchev–Trinajstić information content (AvgIpc) is 3.03. The van der Waals surface area contributed by atoms with E-state index in [1.54, 1.807) is 11.8 Å². The number of rotatable bonds is 5. The molecule has 0 atom stereocenters. The molecule has 130 valence electrons. The quantitative estimate of drug-likeness (QED) is 0.805. The summed E-state index contributed by atoms with van der Waals surface area (Å²) in [7, 11) is 0. The molecule has 2 aromatic rings. The van der Waals surface area contributed by atoms with Crippen LogP contribution in [0.25, 0.3) is 0 Å². The van der Waals surface area contributed by atoms with Gasteiger partial charge in [-0.3, -0.25) is 9.59 Å². The Morgan fingerprint density at radius 2 is 2.04 bits per heavy atom. The highest BCUT2D eigenvalue weighted by atomic mass is 32.2. The van der Waals surface area contributed by atoms with Crippen molar-refractivity contribution >= 4 is 35.0 Å². The number of anilines is 2. The Morgan fingerprint density at radius 3 is 2.76 bits per heavy atom. The lowest BCUT2D eigenvalue weighted by atomic mass is 10.1. The largest absolute Gasteiger partial charge is 0.322 e. The molecule has 1 N–H and O–H groups in total. The van der Waals surface area contributed by atoms with Crippen molar-refractivity contribution in [3.8, 4) is 0 Å². The van der Waals surface area contributed by atoms with Gasteiger partial charge in [0.05, 0.1) is 5.56 Å². The third kappa shape index (κ3) is 3.87. The van der Waals surface area contributed by atoms with E-state index < -0.39 is 0 Å². The van der Waals surface area contributed by atoms with Gasteiger partial charge in [0.25, 0.3) is 5.91 Å². The molecule has 4 nitrogen and oxygen atoms in total. The van der Waals surface area contributed by atoms with Crippen LogP contribution >= 0.6 is 11.8 Å². The first-order valence-electron chi connectivity index (χ1n) is 8.54. The lowest BCUT2D eigenvalue weighted by molar-refractivity contribution is -0.117. The molecule has 0 radical (unpaired) electrons. The zero-order chi connectivity index (χ0) is 17.8. The maximum absolute atomic E-state index is 12.7. The van der Waals surface area contributed by atoms with Gasteiger partial charge in [-0.2, -0.15) is 0 Å². The van der Waals surface area contributed by atoms with Crippen LogP contribution in [0.5, 0.6) is 0 Å². The van der Waals surface area contributed by atoms with Crippen molar-refractivity contribution in [3.63, 3.8) is 0 Å². The molecule has 0 aliphatic carbocycles. The topological polar surface area (TPSA) is 49.4 Å². The predicted octanol–water partition coefficient (Wildman–Crippen LogP) is 4.49. The van der Waals surface area contributed by atoms with Gasteiger partial charge >= 0.3 is 0 Å². The molecule has 3 rings (SSSR count). The van der Waals surface area contributed by atoms with Crippen molar-refractivity contribution in [3.05, 3.63) is 53.6 Å². The van der Waals surface area contributed by atoms with E-state index in [0.717, 1.165) is 34.9 Å². The molecular formula is C20H22N2O2S. The third-order valence-corrected chi connectivity index (χ3v) is 5.22. The zero-order valence-electron chi connectivity index (χ0n) is 14.5. The van der Waals surface area contributed by atoms with Crippen LogP contribution in [0.1, 0.15) is 35.7 Å². The van der Waals surface area contributed by atoms with Gasteiger partial charge in [0.15, 0.2) is 0 Å². The van der Waals surface area contributed by atoms with E-state index in [9.17, 15) is 9.59 Å². The molecule has 1 aliphatic rings. The fourth-order valence-electron chi connectivity index (χ4n) is 3.01. The van der Waals surface area contributed by atoms with Crippen LogP contribution in [0.15, 0.2) is 47.4 Å². The maximum Gasteiger partial charge on any atom is 0.256 e. The first-order chi connectivity index (χ1) is 12.1. The first kappa shape index (κ1) is 17.5. The summed E-state index contributed by atoms with van der Waals surface area (Å²) in [6.45, 7) is 4.80. The molecular weight excluding hydrogens is 332 g/mol. The van der Waals surface area contributed by atoms with Gasteiger partial charge in [-0.1, -0.05) is 25.1 Å². The van der Waals surface area contributed by atoms with Gasteiger partial charge in [-0.15, -0.1) is 11.8 Å². The minimum Gasteiger partial charge on any atom is -0.322 e. The van der Waals surface area contributed by atoms with Gasteiger partial charge in [-0.05, 0) is 48.9 Å². The molecule has 1 aliphatic heterocycles. The second kappa shape index (κ2) is 7.74. The van der Waals surface area contributed by atoms with Crippen LogP contribution < -0.4 is 10.2 Å². The number of hydrogen-bond donors (Lipinski definition) is 1. The van der Waals surface area contributed by atoms with Crippen LogP contribution in [0.2, 0.25) is 0 Å². The average molecular weight is 354 g/mol. The van der Waals surface area contributed by atoms with Crippen LogP contribution in [0.4, 0.5) is 11.4 Å².